The zero-order valence-corrected chi connectivity index (χ0v) is 14.0. The average molecular weight is 312 g/mol. The molecule has 5 nitrogen and oxygen atoms in total. The maximum absolute atomic E-state index is 12.3. The number of anilines is 2. The molecule has 1 aromatic rings. The summed E-state index contributed by atoms with van der Waals surface area (Å²) in [6.07, 6.45) is 1.19. The summed E-state index contributed by atoms with van der Waals surface area (Å²) < 4.78 is 11.2. The fourth-order valence-electron chi connectivity index (χ4n) is 2.42. The molecule has 2 N–H and O–H groups in total. The van der Waals surface area contributed by atoms with Crippen molar-refractivity contribution in [2.45, 2.75) is 33.3 Å². The number of nitrogen functional groups attached to an aromatic ring is 1. The number of Topliss-reactive ketones (excluding diaryl/α,β-unsaturated/α-hetero) is 1. The van der Waals surface area contributed by atoms with Crippen LogP contribution in [0.2, 0.25) is 0 Å². The summed E-state index contributed by atoms with van der Waals surface area (Å²) in [6, 6.07) is 0. The third-order valence-electron chi connectivity index (χ3n) is 3.72. The van der Waals surface area contributed by atoms with Crippen LogP contribution in [0, 0.1) is 5.92 Å². The van der Waals surface area contributed by atoms with Gasteiger partial charge < -0.3 is 20.1 Å². The van der Waals surface area contributed by atoms with Gasteiger partial charge in [-0.05, 0) is 6.42 Å². The van der Waals surface area contributed by atoms with Crippen molar-refractivity contribution in [3.8, 4) is 5.75 Å². The molecule has 0 radical (unpaired) electrons. The van der Waals surface area contributed by atoms with Crippen molar-refractivity contribution in [3.05, 3.63) is 4.88 Å². The topological polar surface area (TPSA) is 64.8 Å². The van der Waals surface area contributed by atoms with Crippen LogP contribution in [-0.4, -0.2) is 38.7 Å². The Morgan fingerprint density at radius 3 is 2.86 bits per heavy atom. The zero-order valence-electron chi connectivity index (χ0n) is 13.1. The largest absolute Gasteiger partial charge is 0.492 e. The lowest BCUT2D eigenvalue weighted by molar-refractivity contribution is 0.0385. The Kier molecular flexibility index (Phi) is 5.11. The fourth-order valence-corrected chi connectivity index (χ4v) is 3.73. The first-order chi connectivity index (χ1) is 9.99. The maximum Gasteiger partial charge on any atom is 0.177 e. The predicted octanol–water partition coefficient (Wildman–Crippen LogP) is 2.79. The molecule has 0 bridgehead atoms. The van der Waals surface area contributed by atoms with Gasteiger partial charge in [0.2, 0.25) is 0 Å². The Bertz CT molecular complexity index is 513. The second-order valence-corrected chi connectivity index (χ2v) is 6.55. The highest BCUT2D eigenvalue weighted by atomic mass is 32.1. The number of methoxy groups -OCH3 is 1. The van der Waals surface area contributed by atoms with Crippen molar-refractivity contribution in [2.75, 3.05) is 37.4 Å². The molecule has 1 aliphatic heterocycles. The van der Waals surface area contributed by atoms with Gasteiger partial charge in [-0.15, -0.1) is 11.3 Å². The molecule has 2 rings (SSSR count). The van der Waals surface area contributed by atoms with E-state index in [1.807, 2.05) is 13.8 Å². The molecule has 0 spiro atoms. The lowest BCUT2D eigenvalue weighted by Gasteiger charge is -2.33. The summed E-state index contributed by atoms with van der Waals surface area (Å²) in [6.45, 7) is 8.17. The average Bonchev–Trinajstić information content (AvgIpc) is 2.83. The Labute approximate surface area is 130 Å². The highest BCUT2D eigenvalue weighted by molar-refractivity contribution is 7.19. The van der Waals surface area contributed by atoms with Crippen molar-refractivity contribution in [1.82, 2.24) is 0 Å². The van der Waals surface area contributed by atoms with Gasteiger partial charge in [-0.3, -0.25) is 4.79 Å². The highest BCUT2D eigenvalue weighted by Gasteiger charge is 2.29. The lowest BCUT2D eigenvalue weighted by Crippen LogP contribution is -2.42. The summed E-state index contributed by atoms with van der Waals surface area (Å²) in [5.41, 5.74) is 6.60. The predicted molar refractivity (Wildman–Crippen MR) is 86.7 cm³/mol. The number of ether oxygens (including phenoxy) is 2. The van der Waals surface area contributed by atoms with Crippen LogP contribution < -0.4 is 15.4 Å². The van der Waals surface area contributed by atoms with Gasteiger partial charge in [0.05, 0.1) is 30.4 Å². The number of morpholine rings is 1. The zero-order chi connectivity index (χ0) is 15.6. The molecule has 2 heterocycles. The number of rotatable bonds is 5. The van der Waals surface area contributed by atoms with Crippen LogP contribution in [0.25, 0.3) is 0 Å². The first-order valence-electron chi connectivity index (χ1n) is 7.36. The monoisotopic (exact) mass is 312 g/mol. The molecule has 6 heteroatoms. The van der Waals surface area contributed by atoms with Gasteiger partial charge >= 0.3 is 0 Å². The van der Waals surface area contributed by atoms with Crippen molar-refractivity contribution in [1.29, 1.82) is 0 Å². The molecule has 21 heavy (non-hydrogen) atoms. The SMILES string of the molecule is CCC1CN(c2sc(C(=O)C(C)C)c(N)c2OC)CCO1. The second kappa shape index (κ2) is 6.66. The van der Waals surface area contributed by atoms with Crippen molar-refractivity contribution >= 4 is 27.8 Å². The number of carbonyl (C=O) groups excluding carboxylic acids is 1. The summed E-state index contributed by atoms with van der Waals surface area (Å²) >= 11 is 1.44. The number of carbonyl (C=O) groups is 1. The van der Waals surface area contributed by atoms with Gasteiger partial charge in [0.25, 0.3) is 0 Å². The Balaban J connectivity index is 2.35. The molecule has 0 saturated carbocycles. The molecular weight excluding hydrogens is 288 g/mol. The first-order valence-corrected chi connectivity index (χ1v) is 8.18. The van der Waals surface area contributed by atoms with Crippen molar-refractivity contribution in [3.63, 3.8) is 0 Å². The van der Waals surface area contributed by atoms with E-state index >= 15 is 0 Å². The molecule has 1 unspecified atom stereocenters. The standard InChI is InChI=1S/C15H24N2O3S/c1-5-10-8-17(6-7-20-10)15-13(19-4)11(16)14(21-15)12(18)9(2)3/h9-10H,5-8,16H2,1-4H3. The fraction of sp³-hybridized carbons (Fsp3) is 0.667. The highest BCUT2D eigenvalue weighted by Crippen LogP contribution is 2.46. The molecule has 118 valence electrons. The Morgan fingerprint density at radius 2 is 2.29 bits per heavy atom. The summed E-state index contributed by atoms with van der Waals surface area (Å²) in [5, 5.41) is 0.945. The molecule has 1 aliphatic rings. The van der Waals surface area contributed by atoms with E-state index in [1.165, 1.54) is 11.3 Å². The van der Waals surface area contributed by atoms with E-state index in [0.717, 1.165) is 24.5 Å². The van der Waals surface area contributed by atoms with E-state index in [0.29, 0.717) is 22.9 Å². The van der Waals surface area contributed by atoms with Crippen molar-refractivity contribution < 1.29 is 14.3 Å². The maximum atomic E-state index is 12.3. The van der Waals surface area contributed by atoms with Crippen LogP contribution in [-0.2, 0) is 4.74 Å². The van der Waals surface area contributed by atoms with E-state index in [-0.39, 0.29) is 17.8 Å². The molecule has 1 saturated heterocycles. The minimum Gasteiger partial charge on any atom is -0.492 e. The van der Waals surface area contributed by atoms with Crippen LogP contribution in [0.5, 0.6) is 5.75 Å². The molecule has 0 aromatic carbocycles. The van der Waals surface area contributed by atoms with E-state index < -0.39 is 0 Å². The van der Waals surface area contributed by atoms with Gasteiger partial charge in [0.1, 0.15) is 5.00 Å². The molecule has 0 amide bonds. The van der Waals surface area contributed by atoms with Crippen molar-refractivity contribution in [2.24, 2.45) is 5.92 Å². The summed E-state index contributed by atoms with van der Waals surface area (Å²) in [7, 11) is 1.60. The Hall–Kier alpha value is -1.27. The van der Waals surface area contributed by atoms with Crippen LogP contribution in [0.1, 0.15) is 36.9 Å². The molecule has 1 aromatic heterocycles. The first kappa shape index (κ1) is 16.1. The third kappa shape index (κ3) is 3.16. The quantitative estimate of drug-likeness (QED) is 0.847. The molecule has 1 atom stereocenters. The number of nitrogens with two attached hydrogens (primary N) is 1. The number of ketones is 1. The smallest absolute Gasteiger partial charge is 0.177 e. The summed E-state index contributed by atoms with van der Waals surface area (Å²) in [5.74, 6) is 0.625. The van der Waals surface area contributed by atoms with Crippen LogP contribution in [0.15, 0.2) is 0 Å². The molecular formula is C15H24N2O3S. The molecule has 1 fully saturated rings. The third-order valence-corrected chi connectivity index (χ3v) is 4.98. The van der Waals surface area contributed by atoms with Crippen LogP contribution >= 0.6 is 11.3 Å². The Morgan fingerprint density at radius 1 is 1.57 bits per heavy atom. The van der Waals surface area contributed by atoms with E-state index in [9.17, 15) is 4.79 Å². The number of hydrogen-bond acceptors (Lipinski definition) is 6. The normalized spacial score (nSPS) is 19.1. The minimum atomic E-state index is -0.0726. The van der Waals surface area contributed by atoms with Gasteiger partial charge in [0, 0.05) is 19.0 Å². The van der Waals surface area contributed by atoms with E-state index in [2.05, 4.69) is 11.8 Å². The van der Waals surface area contributed by atoms with Gasteiger partial charge in [0.15, 0.2) is 11.5 Å². The summed E-state index contributed by atoms with van der Waals surface area (Å²) in [4.78, 5) is 15.1. The van der Waals surface area contributed by atoms with Gasteiger partial charge in [-0.25, -0.2) is 0 Å². The molecule has 0 aliphatic carbocycles. The van der Waals surface area contributed by atoms with Gasteiger partial charge in [-0.1, -0.05) is 20.8 Å². The van der Waals surface area contributed by atoms with Gasteiger partial charge in [-0.2, -0.15) is 0 Å². The minimum absolute atomic E-state index is 0.0716. The van der Waals surface area contributed by atoms with Crippen LogP contribution in [0.3, 0.4) is 0 Å². The number of thiophene rings is 1. The lowest BCUT2D eigenvalue weighted by atomic mass is 10.1. The number of hydrogen-bond donors (Lipinski definition) is 1. The second-order valence-electron chi connectivity index (χ2n) is 5.55. The van der Waals surface area contributed by atoms with Crippen LogP contribution in [0.4, 0.5) is 10.7 Å². The van der Waals surface area contributed by atoms with E-state index in [1.54, 1.807) is 7.11 Å². The number of nitrogens with zero attached hydrogens (tertiary/aromatic N) is 1. The van der Waals surface area contributed by atoms with E-state index in [4.69, 9.17) is 15.2 Å².